The molecule has 0 radical (unpaired) electrons. The van der Waals surface area contributed by atoms with Crippen molar-refractivity contribution in [2.75, 3.05) is 7.05 Å². The van der Waals surface area contributed by atoms with E-state index in [2.05, 4.69) is 15.5 Å². The fraction of sp³-hybridized carbons (Fsp3) is 0.111. The molecule has 0 spiro atoms. The molecule has 1 N–H and O–H groups in total. The molecule has 0 fully saturated rings. The van der Waals surface area contributed by atoms with Gasteiger partial charge in [0.05, 0.1) is 6.20 Å². The van der Waals surface area contributed by atoms with Crippen molar-refractivity contribution in [2.45, 2.75) is 12.5 Å². The predicted octanol–water partition coefficient (Wildman–Crippen LogP) is 5.72. The van der Waals surface area contributed by atoms with Crippen molar-refractivity contribution in [2.24, 2.45) is 0 Å². The van der Waals surface area contributed by atoms with Crippen LogP contribution in [0.3, 0.4) is 0 Å². The number of fused-ring (bicyclic) bond motifs is 1. The highest BCUT2D eigenvalue weighted by Crippen LogP contribution is 2.35. The molecule has 0 aliphatic carbocycles. The van der Waals surface area contributed by atoms with Gasteiger partial charge in [0.25, 0.3) is 0 Å². The lowest BCUT2D eigenvalue weighted by Gasteiger charge is -2.15. The number of benzene rings is 3. The number of likely N-dealkylation sites (N-methyl/N-ethyl adjacent to an activating group) is 1. The monoisotopic (exact) mass is 551 g/mol. The van der Waals surface area contributed by atoms with Gasteiger partial charge in [-0.25, -0.2) is 4.79 Å². The molecule has 1 atom stereocenters. The van der Waals surface area contributed by atoms with Crippen LogP contribution < -0.4 is 11.0 Å². The first-order chi connectivity index (χ1) is 17.9. The zero-order valence-corrected chi connectivity index (χ0v) is 21.8. The molecule has 0 aliphatic heterocycles. The van der Waals surface area contributed by atoms with Crippen LogP contribution in [0.25, 0.3) is 27.9 Å². The van der Waals surface area contributed by atoms with E-state index in [0.29, 0.717) is 26.3 Å². The van der Waals surface area contributed by atoms with E-state index < -0.39 is 11.7 Å². The van der Waals surface area contributed by atoms with Gasteiger partial charge in [0, 0.05) is 39.7 Å². The van der Waals surface area contributed by atoms with Crippen LogP contribution in [0.2, 0.25) is 15.1 Å². The molecule has 0 saturated carbocycles. The predicted molar refractivity (Wildman–Crippen MR) is 146 cm³/mol. The second-order valence-electron chi connectivity index (χ2n) is 8.37. The molecule has 1 unspecified atom stereocenters. The highest BCUT2D eigenvalue weighted by molar-refractivity contribution is 6.31. The van der Waals surface area contributed by atoms with Crippen LogP contribution in [0.15, 0.2) is 83.8 Å². The van der Waals surface area contributed by atoms with E-state index in [1.165, 1.54) is 16.2 Å². The largest absolute Gasteiger partial charge is 0.367 e. The first-order valence-electron chi connectivity index (χ1n) is 11.3. The summed E-state index contributed by atoms with van der Waals surface area (Å²) >= 11 is 18.3. The Morgan fingerprint density at radius 3 is 1.97 bits per heavy atom. The van der Waals surface area contributed by atoms with Crippen molar-refractivity contribution in [3.63, 3.8) is 0 Å². The SMILES string of the molecule is CNC(=O)C(Cc1ccc(Cl)cc1)n1nc2c(-c3ccc(Cl)cc3)c(-c3ccc(Cl)cc3)cnn2c1=O. The number of rotatable bonds is 6. The Hall–Kier alpha value is -3.65. The van der Waals surface area contributed by atoms with E-state index in [0.717, 1.165) is 22.3 Å². The molecule has 2 heterocycles. The Kier molecular flexibility index (Phi) is 7.02. The molecule has 2 aromatic heterocycles. The van der Waals surface area contributed by atoms with Gasteiger partial charge >= 0.3 is 5.69 Å². The third-order valence-electron chi connectivity index (χ3n) is 6.05. The van der Waals surface area contributed by atoms with Gasteiger partial charge in [-0.05, 0) is 53.1 Å². The summed E-state index contributed by atoms with van der Waals surface area (Å²) in [5.74, 6) is -0.355. The van der Waals surface area contributed by atoms with E-state index in [1.54, 1.807) is 42.6 Å². The van der Waals surface area contributed by atoms with E-state index >= 15 is 0 Å². The summed E-state index contributed by atoms with van der Waals surface area (Å²) in [4.78, 5) is 26.5. The van der Waals surface area contributed by atoms with E-state index in [4.69, 9.17) is 34.8 Å². The average Bonchev–Trinajstić information content (AvgIpc) is 3.24. The summed E-state index contributed by atoms with van der Waals surface area (Å²) in [6.07, 6.45) is 1.85. The lowest BCUT2D eigenvalue weighted by molar-refractivity contribution is -0.124. The Labute approximate surface area is 227 Å². The van der Waals surface area contributed by atoms with Gasteiger partial charge in [-0.2, -0.15) is 14.3 Å². The summed E-state index contributed by atoms with van der Waals surface area (Å²) in [5.41, 5.74) is 3.66. The minimum Gasteiger partial charge on any atom is -0.357 e. The molecule has 0 aliphatic rings. The second-order valence-corrected chi connectivity index (χ2v) is 9.68. The highest BCUT2D eigenvalue weighted by Gasteiger charge is 2.27. The fourth-order valence-corrected chi connectivity index (χ4v) is 4.57. The van der Waals surface area contributed by atoms with E-state index in [-0.39, 0.29) is 12.3 Å². The summed E-state index contributed by atoms with van der Waals surface area (Å²) in [6, 6.07) is 20.8. The normalized spacial score (nSPS) is 12.0. The summed E-state index contributed by atoms with van der Waals surface area (Å²) in [7, 11) is 1.52. The van der Waals surface area contributed by atoms with Crippen LogP contribution in [-0.2, 0) is 11.2 Å². The number of nitrogens with one attached hydrogen (secondary N) is 1. The topological polar surface area (TPSA) is 81.3 Å². The van der Waals surface area contributed by atoms with Gasteiger partial charge in [-0.15, -0.1) is 5.10 Å². The van der Waals surface area contributed by atoms with Crippen LogP contribution in [0, 0.1) is 0 Å². The van der Waals surface area contributed by atoms with Crippen molar-refractivity contribution in [3.05, 3.63) is 110 Å². The van der Waals surface area contributed by atoms with Gasteiger partial charge in [-0.3, -0.25) is 4.79 Å². The Bertz CT molecular complexity index is 1640. The van der Waals surface area contributed by atoms with Crippen molar-refractivity contribution in [1.29, 1.82) is 0 Å². The average molecular weight is 553 g/mol. The lowest BCUT2D eigenvalue weighted by atomic mass is 9.97. The summed E-state index contributed by atoms with van der Waals surface area (Å²) < 4.78 is 2.39. The summed E-state index contributed by atoms with van der Waals surface area (Å²) in [5, 5.41) is 13.5. The number of nitrogens with zero attached hydrogens (tertiary/aromatic N) is 4. The molecule has 5 rings (SSSR count). The number of aromatic nitrogens is 4. The zero-order chi connectivity index (χ0) is 26.1. The quantitative estimate of drug-likeness (QED) is 0.292. The van der Waals surface area contributed by atoms with Gasteiger partial charge in [0.15, 0.2) is 5.65 Å². The minimum absolute atomic E-state index is 0.237. The number of carbonyl (C=O) groups excluding carboxylic acids is 1. The third-order valence-corrected chi connectivity index (χ3v) is 6.81. The lowest BCUT2D eigenvalue weighted by Crippen LogP contribution is -2.37. The van der Waals surface area contributed by atoms with E-state index in [1.807, 2.05) is 36.4 Å². The first kappa shape index (κ1) is 25.0. The molecule has 7 nitrogen and oxygen atoms in total. The second kappa shape index (κ2) is 10.4. The molecule has 5 aromatic rings. The van der Waals surface area contributed by atoms with E-state index in [9.17, 15) is 9.59 Å². The minimum atomic E-state index is -0.905. The number of hydrogen-bond acceptors (Lipinski definition) is 4. The molecule has 10 heteroatoms. The van der Waals surface area contributed by atoms with Crippen molar-refractivity contribution in [3.8, 4) is 22.3 Å². The molecular formula is C27H20Cl3N5O2. The first-order valence-corrected chi connectivity index (χ1v) is 12.5. The van der Waals surface area contributed by atoms with Crippen molar-refractivity contribution < 1.29 is 4.79 Å². The van der Waals surface area contributed by atoms with Gasteiger partial charge in [-0.1, -0.05) is 71.2 Å². The maximum absolute atomic E-state index is 13.5. The number of halogens is 3. The zero-order valence-electron chi connectivity index (χ0n) is 19.5. The van der Waals surface area contributed by atoms with Crippen LogP contribution in [0.4, 0.5) is 0 Å². The number of carbonyl (C=O) groups is 1. The van der Waals surface area contributed by atoms with Crippen LogP contribution >= 0.6 is 34.8 Å². The maximum Gasteiger partial charge on any atom is 0.367 e. The Morgan fingerprint density at radius 1 is 0.865 bits per heavy atom. The molecule has 37 heavy (non-hydrogen) atoms. The van der Waals surface area contributed by atoms with Crippen LogP contribution in [-0.4, -0.2) is 32.3 Å². The standard InChI is InChI=1S/C27H20Cl3N5O2/c1-31-26(36)23(14-16-2-8-19(28)9-3-16)34-27(37)35-25(33-34)24(18-6-12-21(30)13-7-18)22(15-32-35)17-4-10-20(29)11-5-17/h2-13,15,23H,14H2,1H3,(H,31,36). The van der Waals surface area contributed by atoms with Crippen LogP contribution in [0.5, 0.6) is 0 Å². The summed E-state index contributed by atoms with van der Waals surface area (Å²) in [6.45, 7) is 0. The molecule has 0 bridgehead atoms. The Morgan fingerprint density at radius 2 is 1.41 bits per heavy atom. The molecule has 1 amide bonds. The third kappa shape index (κ3) is 4.98. The fourth-order valence-electron chi connectivity index (χ4n) is 4.19. The van der Waals surface area contributed by atoms with Gasteiger partial charge < -0.3 is 5.32 Å². The Balaban J connectivity index is 1.73. The van der Waals surface area contributed by atoms with Crippen LogP contribution in [0.1, 0.15) is 11.6 Å². The number of hydrogen-bond donors (Lipinski definition) is 1. The maximum atomic E-state index is 13.5. The van der Waals surface area contributed by atoms with Crippen molar-refractivity contribution >= 4 is 46.4 Å². The molecular weight excluding hydrogens is 533 g/mol. The number of amides is 1. The smallest absolute Gasteiger partial charge is 0.357 e. The molecule has 186 valence electrons. The van der Waals surface area contributed by atoms with Crippen molar-refractivity contribution in [1.82, 2.24) is 24.7 Å². The van der Waals surface area contributed by atoms with Gasteiger partial charge in [0.2, 0.25) is 5.91 Å². The molecule has 3 aromatic carbocycles. The highest BCUT2D eigenvalue weighted by atomic mass is 35.5. The molecule has 0 saturated heterocycles. The van der Waals surface area contributed by atoms with Gasteiger partial charge in [0.1, 0.15) is 6.04 Å².